The van der Waals surface area contributed by atoms with E-state index >= 15 is 0 Å². The highest BCUT2D eigenvalue weighted by atomic mass is 16.1. The van der Waals surface area contributed by atoms with Crippen molar-refractivity contribution in [2.75, 3.05) is 19.6 Å². The van der Waals surface area contributed by atoms with Crippen molar-refractivity contribution in [1.29, 1.82) is 0 Å². The molecule has 0 aromatic carbocycles. The van der Waals surface area contributed by atoms with Crippen molar-refractivity contribution in [2.24, 2.45) is 0 Å². The van der Waals surface area contributed by atoms with E-state index in [-0.39, 0.29) is 5.56 Å². The van der Waals surface area contributed by atoms with E-state index in [1.54, 1.807) is 17.0 Å². The highest BCUT2D eigenvalue weighted by Crippen LogP contribution is 2.26. The molecule has 1 aliphatic heterocycles. The molecule has 4 heterocycles. The first-order chi connectivity index (χ1) is 12.2. The summed E-state index contributed by atoms with van der Waals surface area (Å²) in [7, 11) is 0. The van der Waals surface area contributed by atoms with Gasteiger partial charge in [-0.15, -0.1) is 10.2 Å². The molecule has 0 saturated carbocycles. The van der Waals surface area contributed by atoms with Crippen molar-refractivity contribution >= 4 is 5.65 Å². The summed E-state index contributed by atoms with van der Waals surface area (Å²) in [5, 5.41) is 13.2. The lowest BCUT2D eigenvalue weighted by Crippen LogP contribution is -2.37. The van der Waals surface area contributed by atoms with Crippen molar-refractivity contribution in [3.63, 3.8) is 0 Å². The standard InChI is InChI=1S/C17H21N7O/c1-13-2-3-15-19-20-17(24(15)21-13)14-4-7-22(8-5-14)10-11-23-9-6-18-12-16(23)25/h2-3,6,9,12,14H,4-5,7-8,10-11H2,1H3. The Labute approximate surface area is 145 Å². The molecule has 0 spiro atoms. The van der Waals surface area contributed by atoms with Crippen molar-refractivity contribution < 1.29 is 0 Å². The maximum atomic E-state index is 11.7. The van der Waals surface area contributed by atoms with Crippen molar-refractivity contribution in [1.82, 2.24) is 34.3 Å². The van der Waals surface area contributed by atoms with Crippen LogP contribution >= 0.6 is 0 Å². The number of aromatic nitrogens is 6. The van der Waals surface area contributed by atoms with Crippen LogP contribution in [0.25, 0.3) is 5.65 Å². The molecular weight excluding hydrogens is 318 g/mol. The average molecular weight is 339 g/mol. The van der Waals surface area contributed by atoms with Crippen LogP contribution in [-0.2, 0) is 6.54 Å². The molecule has 130 valence electrons. The summed E-state index contributed by atoms with van der Waals surface area (Å²) in [6.07, 6.45) is 6.81. The zero-order valence-corrected chi connectivity index (χ0v) is 14.2. The molecule has 8 nitrogen and oxygen atoms in total. The van der Waals surface area contributed by atoms with E-state index in [9.17, 15) is 4.79 Å². The Hall–Kier alpha value is -2.61. The molecule has 4 rings (SSSR count). The van der Waals surface area contributed by atoms with Gasteiger partial charge < -0.3 is 9.47 Å². The molecule has 0 unspecified atom stereocenters. The number of likely N-dealkylation sites (tertiary alicyclic amines) is 1. The molecule has 0 bridgehead atoms. The third-order valence-electron chi connectivity index (χ3n) is 4.83. The fourth-order valence-electron chi connectivity index (χ4n) is 3.37. The quantitative estimate of drug-likeness (QED) is 0.701. The fraction of sp³-hybridized carbons (Fsp3) is 0.471. The Kier molecular flexibility index (Phi) is 4.27. The second kappa shape index (κ2) is 6.72. The monoisotopic (exact) mass is 339 g/mol. The van der Waals surface area contributed by atoms with Gasteiger partial charge in [-0.05, 0) is 45.0 Å². The first-order valence-corrected chi connectivity index (χ1v) is 8.62. The third-order valence-corrected chi connectivity index (χ3v) is 4.83. The number of piperidine rings is 1. The minimum Gasteiger partial charge on any atom is -0.311 e. The Morgan fingerprint density at radius 2 is 2.00 bits per heavy atom. The van der Waals surface area contributed by atoms with E-state index < -0.39 is 0 Å². The van der Waals surface area contributed by atoms with E-state index in [1.807, 2.05) is 23.6 Å². The van der Waals surface area contributed by atoms with E-state index in [1.165, 1.54) is 6.20 Å². The Bertz CT molecular complexity index is 924. The first-order valence-electron chi connectivity index (χ1n) is 8.62. The van der Waals surface area contributed by atoms with E-state index in [0.717, 1.165) is 49.6 Å². The Morgan fingerprint density at radius 3 is 2.80 bits per heavy atom. The van der Waals surface area contributed by atoms with Crippen LogP contribution in [0.3, 0.4) is 0 Å². The molecule has 0 radical (unpaired) electrons. The zero-order valence-electron chi connectivity index (χ0n) is 14.2. The molecular formula is C17H21N7O. The minimum atomic E-state index is -0.0474. The lowest BCUT2D eigenvalue weighted by atomic mass is 9.96. The summed E-state index contributed by atoms with van der Waals surface area (Å²) in [5.41, 5.74) is 1.72. The molecule has 1 fully saturated rings. The van der Waals surface area contributed by atoms with Crippen LogP contribution in [0.2, 0.25) is 0 Å². The van der Waals surface area contributed by atoms with Gasteiger partial charge >= 0.3 is 0 Å². The van der Waals surface area contributed by atoms with Gasteiger partial charge in [0.15, 0.2) is 11.5 Å². The summed E-state index contributed by atoms with van der Waals surface area (Å²) in [6, 6.07) is 3.91. The molecule has 0 amide bonds. The van der Waals surface area contributed by atoms with Gasteiger partial charge in [0.05, 0.1) is 11.9 Å². The number of nitrogens with zero attached hydrogens (tertiary/aromatic N) is 7. The predicted molar refractivity (Wildman–Crippen MR) is 92.4 cm³/mol. The van der Waals surface area contributed by atoms with Gasteiger partial charge in [-0.25, -0.2) is 0 Å². The molecule has 1 saturated heterocycles. The van der Waals surface area contributed by atoms with Gasteiger partial charge in [-0.2, -0.15) is 9.61 Å². The molecule has 3 aromatic rings. The predicted octanol–water partition coefficient (Wildman–Crippen LogP) is 0.869. The SMILES string of the molecule is Cc1ccc2nnc(C3CCN(CCn4ccncc4=O)CC3)n2n1. The van der Waals surface area contributed by atoms with Crippen LogP contribution in [-0.4, -0.2) is 53.9 Å². The van der Waals surface area contributed by atoms with Crippen molar-refractivity contribution in [3.8, 4) is 0 Å². The van der Waals surface area contributed by atoms with Crippen LogP contribution in [0.1, 0.15) is 30.3 Å². The van der Waals surface area contributed by atoms with Crippen LogP contribution in [0.4, 0.5) is 0 Å². The topological polar surface area (TPSA) is 81.2 Å². The summed E-state index contributed by atoms with van der Waals surface area (Å²) >= 11 is 0. The zero-order chi connectivity index (χ0) is 17.2. The lowest BCUT2D eigenvalue weighted by Gasteiger charge is -2.31. The van der Waals surface area contributed by atoms with Gasteiger partial charge in [0.25, 0.3) is 5.56 Å². The fourth-order valence-corrected chi connectivity index (χ4v) is 3.37. The number of fused-ring (bicyclic) bond motifs is 1. The largest absolute Gasteiger partial charge is 0.311 e. The van der Waals surface area contributed by atoms with Crippen LogP contribution in [0.5, 0.6) is 0 Å². The average Bonchev–Trinajstić information content (AvgIpc) is 3.04. The van der Waals surface area contributed by atoms with Crippen LogP contribution < -0.4 is 5.56 Å². The maximum Gasteiger partial charge on any atom is 0.269 e. The molecule has 0 atom stereocenters. The minimum absolute atomic E-state index is 0.0474. The highest BCUT2D eigenvalue weighted by Gasteiger charge is 2.24. The number of aryl methyl sites for hydroxylation is 1. The number of hydrogen-bond acceptors (Lipinski definition) is 6. The van der Waals surface area contributed by atoms with Crippen molar-refractivity contribution in [2.45, 2.75) is 32.2 Å². The van der Waals surface area contributed by atoms with Gasteiger partial charge in [-0.3, -0.25) is 9.78 Å². The second-order valence-electron chi connectivity index (χ2n) is 6.53. The lowest BCUT2D eigenvalue weighted by molar-refractivity contribution is 0.201. The number of rotatable bonds is 4. The molecule has 0 aliphatic carbocycles. The third kappa shape index (κ3) is 3.30. The Balaban J connectivity index is 1.39. The summed E-state index contributed by atoms with van der Waals surface area (Å²) in [6.45, 7) is 5.53. The normalized spacial score (nSPS) is 16.5. The summed E-state index contributed by atoms with van der Waals surface area (Å²) < 4.78 is 3.59. The Morgan fingerprint density at radius 1 is 1.16 bits per heavy atom. The van der Waals surface area contributed by atoms with Gasteiger partial charge in [0.2, 0.25) is 0 Å². The molecule has 3 aromatic heterocycles. The molecule has 25 heavy (non-hydrogen) atoms. The molecule has 0 N–H and O–H groups in total. The van der Waals surface area contributed by atoms with Crippen LogP contribution in [0, 0.1) is 6.92 Å². The van der Waals surface area contributed by atoms with Gasteiger partial charge in [0, 0.05) is 31.4 Å². The molecule has 1 aliphatic rings. The van der Waals surface area contributed by atoms with Gasteiger partial charge in [0.1, 0.15) is 0 Å². The van der Waals surface area contributed by atoms with E-state index in [0.29, 0.717) is 12.5 Å². The highest BCUT2D eigenvalue weighted by molar-refractivity contribution is 5.36. The first kappa shape index (κ1) is 15.9. The molecule has 8 heteroatoms. The van der Waals surface area contributed by atoms with Gasteiger partial charge in [-0.1, -0.05) is 0 Å². The van der Waals surface area contributed by atoms with E-state index in [2.05, 4.69) is 25.2 Å². The second-order valence-corrected chi connectivity index (χ2v) is 6.53. The van der Waals surface area contributed by atoms with Crippen LogP contribution in [0.15, 0.2) is 35.5 Å². The smallest absolute Gasteiger partial charge is 0.269 e. The summed E-state index contributed by atoms with van der Waals surface area (Å²) in [5.74, 6) is 1.34. The summed E-state index contributed by atoms with van der Waals surface area (Å²) in [4.78, 5) is 17.9. The van der Waals surface area contributed by atoms with Crippen molar-refractivity contribution in [3.05, 3.63) is 52.6 Å². The maximum absolute atomic E-state index is 11.7. The number of hydrogen-bond donors (Lipinski definition) is 0. The van der Waals surface area contributed by atoms with E-state index in [4.69, 9.17) is 0 Å².